The number of amides is 2. The molecule has 0 radical (unpaired) electrons. The van der Waals surface area contributed by atoms with Crippen LogP contribution in [-0.4, -0.2) is 28.1 Å². The monoisotopic (exact) mass is 416 g/mol. The van der Waals surface area contributed by atoms with E-state index < -0.39 is 6.04 Å². The van der Waals surface area contributed by atoms with Crippen molar-refractivity contribution in [1.29, 1.82) is 0 Å². The van der Waals surface area contributed by atoms with Crippen LogP contribution in [0.4, 0.5) is 5.13 Å². The van der Waals surface area contributed by atoms with Gasteiger partial charge in [0.2, 0.25) is 16.9 Å². The highest BCUT2D eigenvalue weighted by Crippen LogP contribution is 2.27. The number of hydrogen-bond donors (Lipinski definition) is 2. The quantitative estimate of drug-likeness (QED) is 0.582. The first-order chi connectivity index (χ1) is 13.8. The number of carbonyl (C=O) groups excluding carboxylic acids is 2. The van der Waals surface area contributed by atoms with Crippen LogP contribution in [-0.2, 0) is 9.59 Å². The molecule has 29 heavy (non-hydrogen) atoms. The number of aryl methyl sites for hydroxylation is 1. The Morgan fingerprint density at radius 2 is 1.90 bits per heavy atom. The number of rotatable bonds is 10. The Labute approximate surface area is 177 Å². The molecule has 2 N–H and O–H groups in total. The van der Waals surface area contributed by atoms with Crippen molar-refractivity contribution >= 4 is 28.3 Å². The molecule has 0 aliphatic carbocycles. The van der Waals surface area contributed by atoms with Crippen LogP contribution in [0.25, 0.3) is 10.6 Å². The molecule has 6 nitrogen and oxygen atoms in total. The number of benzene rings is 1. The minimum absolute atomic E-state index is 0.0354. The van der Waals surface area contributed by atoms with Crippen molar-refractivity contribution in [2.24, 2.45) is 11.8 Å². The van der Waals surface area contributed by atoms with E-state index in [-0.39, 0.29) is 23.7 Å². The SMILES string of the molecule is CCCC[C@H](CC)C(=O)N[C@H](C(=O)Nc1nnc(-c2cccc(C)c2)s1)C(C)C. The summed E-state index contributed by atoms with van der Waals surface area (Å²) in [4.78, 5) is 25.5. The Kier molecular flexibility index (Phi) is 8.76. The summed E-state index contributed by atoms with van der Waals surface area (Å²) in [6, 6.07) is 7.39. The second-order valence-electron chi connectivity index (χ2n) is 7.75. The van der Waals surface area contributed by atoms with Crippen molar-refractivity contribution < 1.29 is 9.59 Å². The minimum Gasteiger partial charge on any atom is -0.344 e. The molecule has 2 rings (SSSR count). The van der Waals surface area contributed by atoms with Crippen molar-refractivity contribution in [3.8, 4) is 10.6 Å². The summed E-state index contributed by atoms with van der Waals surface area (Å²) in [7, 11) is 0. The fraction of sp³-hybridized carbons (Fsp3) is 0.545. The first-order valence-corrected chi connectivity index (χ1v) is 11.2. The van der Waals surface area contributed by atoms with Gasteiger partial charge in [0.1, 0.15) is 11.0 Å². The summed E-state index contributed by atoms with van der Waals surface area (Å²) in [6.45, 7) is 10.00. The van der Waals surface area contributed by atoms with Crippen molar-refractivity contribution in [2.45, 2.75) is 66.3 Å². The molecule has 7 heteroatoms. The second kappa shape index (κ2) is 11.0. The topological polar surface area (TPSA) is 84.0 Å². The number of nitrogens with zero attached hydrogens (tertiary/aromatic N) is 2. The Morgan fingerprint density at radius 1 is 1.14 bits per heavy atom. The standard InChI is InChI=1S/C22H32N4O2S/c1-6-8-11-16(7-2)19(27)23-18(14(3)4)20(28)24-22-26-25-21(29-22)17-12-9-10-15(5)13-17/h9-10,12-14,16,18H,6-8,11H2,1-5H3,(H,23,27)(H,24,26,28)/t16-,18-/m0/s1. The number of unbranched alkanes of at least 4 members (excludes halogenated alkanes) is 1. The molecular weight excluding hydrogens is 384 g/mol. The molecule has 0 fully saturated rings. The number of anilines is 1. The fourth-order valence-corrected chi connectivity index (χ4v) is 3.87. The number of hydrogen-bond acceptors (Lipinski definition) is 5. The summed E-state index contributed by atoms with van der Waals surface area (Å²) in [5.74, 6) is -0.400. The molecule has 0 aliphatic rings. The summed E-state index contributed by atoms with van der Waals surface area (Å²) >= 11 is 1.33. The Hall–Kier alpha value is -2.28. The lowest BCUT2D eigenvalue weighted by atomic mass is 9.96. The Bertz CT molecular complexity index is 819. The molecule has 0 saturated heterocycles. The highest BCUT2D eigenvalue weighted by atomic mass is 32.1. The van der Waals surface area contributed by atoms with Gasteiger partial charge in [-0.3, -0.25) is 14.9 Å². The molecule has 2 aromatic rings. The fourth-order valence-electron chi connectivity index (χ4n) is 3.13. The van der Waals surface area contributed by atoms with Gasteiger partial charge in [0.15, 0.2) is 0 Å². The van der Waals surface area contributed by atoms with E-state index in [1.54, 1.807) is 0 Å². The summed E-state index contributed by atoms with van der Waals surface area (Å²) in [5.41, 5.74) is 2.11. The normalized spacial score (nSPS) is 13.2. The van der Waals surface area contributed by atoms with Crippen LogP contribution < -0.4 is 10.6 Å². The van der Waals surface area contributed by atoms with Gasteiger partial charge in [-0.25, -0.2) is 0 Å². The average Bonchev–Trinajstić information content (AvgIpc) is 3.14. The average molecular weight is 417 g/mol. The van der Waals surface area contributed by atoms with E-state index >= 15 is 0 Å². The molecule has 1 aromatic heterocycles. The van der Waals surface area contributed by atoms with Gasteiger partial charge in [-0.05, 0) is 31.7 Å². The number of carbonyl (C=O) groups is 2. The first-order valence-electron chi connectivity index (χ1n) is 10.4. The molecule has 0 spiro atoms. The largest absolute Gasteiger partial charge is 0.344 e. The predicted molar refractivity (Wildman–Crippen MR) is 119 cm³/mol. The van der Waals surface area contributed by atoms with Gasteiger partial charge in [0.25, 0.3) is 0 Å². The first kappa shape index (κ1) is 23.0. The van der Waals surface area contributed by atoms with E-state index in [1.807, 2.05) is 52.0 Å². The Balaban J connectivity index is 2.05. The van der Waals surface area contributed by atoms with Crippen molar-refractivity contribution in [3.05, 3.63) is 29.8 Å². The highest BCUT2D eigenvalue weighted by molar-refractivity contribution is 7.18. The molecule has 2 atom stereocenters. The lowest BCUT2D eigenvalue weighted by Gasteiger charge is -2.24. The van der Waals surface area contributed by atoms with Gasteiger partial charge in [-0.1, -0.05) is 75.6 Å². The molecule has 1 aromatic carbocycles. The Morgan fingerprint density at radius 3 is 2.52 bits per heavy atom. The van der Waals surface area contributed by atoms with Gasteiger partial charge >= 0.3 is 0 Å². The maximum atomic E-state index is 12.8. The predicted octanol–water partition coefficient (Wildman–Crippen LogP) is 4.81. The van der Waals surface area contributed by atoms with Gasteiger partial charge in [-0.15, -0.1) is 10.2 Å². The molecule has 0 saturated carbocycles. The van der Waals surface area contributed by atoms with Gasteiger partial charge in [0, 0.05) is 11.5 Å². The van der Waals surface area contributed by atoms with Crippen LogP contribution in [0.1, 0.15) is 58.9 Å². The van der Waals surface area contributed by atoms with Crippen LogP contribution >= 0.6 is 11.3 Å². The summed E-state index contributed by atoms with van der Waals surface area (Å²) in [6.07, 6.45) is 3.69. The zero-order valence-corrected chi connectivity index (χ0v) is 18.8. The number of nitrogens with one attached hydrogen (secondary N) is 2. The maximum Gasteiger partial charge on any atom is 0.249 e. The van der Waals surface area contributed by atoms with E-state index in [0.29, 0.717) is 5.13 Å². The molecule has 0 unspecified atom stereocenters. The smallest absolute Gasteiger partial charge is 0.249 e. The van der Waals surface area contributed by atoms with Crippen LogP contribution in [0.15, 0.2) is 24.3 Å². The van der Waals surface area contributed by atoms with Gasteiger partial charge in [-0.2, -0.15) is 0 Å². The van der Waals surface area contributed by atoms with Crippen LogP contribution in [0, 0.1) is 18.8 Å². The van der Waals surface area contributed by atoms with Crippen LogP contribution in [0.3, 0.4) is 0 Å². The number of aromatic nitrogens is 2. The van der Waals surface area contributed by atoms with E-state index in [4.69, 9.17) is 0 Å². The van der Waals surface area contributed by atoms with Crippen molar-refractivity contribution in [2.75, 3.05) is 5.32 Å². The van der Waals surface area contributed by atoms with E-state index in [0.717, 1.165) is 41.8 Å². The third kappa shape index (κ3) is 6.63. The zero-order chi connectivity index (χ0) is 21.4. The van der Waals surface area contributed by atoms with Gasteiger partial charge < -0.3 is 5.32 Å². The van der Waals surface area contributed by atoms with Crippen LogP contribution in [0.5, 0.6) is 0 Å². The van der Waals surface area contributed by atoms with E-state index in [9.17, 15) is 9.59 Å². The van der Waals surface area contributed by atoms with Gasteiger partial charge in [0.05, 0.1) is 0 Å². The third-order valence-electron chi connectivity index (χ3n) is 4.94. The summed E-state index contributed by atoms with van der Waals surface area (Å²) in [5, 5.41) is 15.2. The molecule has 0 bridgehead atoms. The third-order valence-corrected chi connectivity index (χ3v) is 5.82. The molecule has 2 amide bonds. The zero-order valence-electron chi connectivity index (χ0n) is 18.0. The maximum absolute atomic E-state index is 12.8. The molecule has 0 aliphatic heterocycles. The molecule has 1 heterocycles. The van der Waals surface area contributed by atoms with E-state index in [1.165, 1.54) is 11.3 Å². The lowest BCUT2D eigenvalue weighted by molar-refractivity contribution is -0.130. The highest BCUT2D eigenvalue weighted by Gasteiger charge is 2.27. The minimum atomic E-state index is -0.607. The molecular formula is C22H32N4O2S. The summed E-state index contributed by atoms with van der Waals surface area (Å²) < 4.78 is 0. The molecule has 158 valence electrons. The van der Waals surface area contributed by atoms with E-state index in [2.05, 4.69) is 27.8 Å². The van der Waals surface area contributed by atoms with Crippen LogP contribution in [0.2, 0.25) is 0 Å². The second-order valence-corrected chi connectivity index (χ2v) is 8.73. The lowest BCUT2D eigenvalue weighted by Crippen LogP contribution is -2.49. The van der Waals surface area contributed by atoms with Crippen molar-refractivity contribution in [3.63, 3.8) is 0 Å². The van der Waals surface area contributed by atoms with Crippen molar-refractivity contribution in [1.82, 2.24) is 15.5 Å².